The second-order valence-electron chi connectivity index (χ2n) is 3.92. The number of nitrogens with one attached hydrogen (secondary N) is 1. The van der Waals surface area contributed by atoms with Gasteiger partial charge in [-0.05, 0) is 24.5 Å². The van der Waals surface area contributed by atoms with E-state index >= 15 is 0 Å². The summed E-state index contributed by atoms with van der Waals surface area (Å²) < 4.78 is 26.5. The molecule has 0 heterocycles. The van der Waals surface area contributed by atoms with Crippen LogP contribution >= 0.6 is 0 Å². The Labute approximate surface area is 98.5 Å². The van der Waals surface area contributed by atoms with Gasteiger partial charge in [0.25, 0.3) is 5.91 Å². The summed E-state index contributed by atoms with van der Waals surface area (Å²) in [5.41, 5.74) is -0.566. The molecule has 0 spiro atoms. The van der Waals surface area contributed by atoms with Gasteiger partial charge in [-0.2, -0.15) is 0 Å². The summed E-state index contributed by atoms with van der Waals surface area (Å²) in [6, 6.07) is 3.28. The van der Waals surface area contributed by atoms with Crippen molar-refractivity contribution in [1.29, 1.82) is 0 Å². The number of amides is 1. The molecule has 0 fully saturated rings. The molecule has 1 aromatic rings. The Hall–Kier alpha value is -1.49. The highest BCUT2D eigenvalue weighted by Gasteiger charge is 2.16. The molecular formula is C12H15F2NO2. The van der Waals surface area contributed by atoms with E-state index in [2.05, 4.69) is 5.32 Å². The van der Waals surface area contributed by atoms with Crippen molar-refractivity contribution in [1.82, 2.24) is 5.32 Å². The van der Waals surface area contributed by atoms with Gasteiger partial charge in [-0.3, -0.25) is 4.79 Å². The monoisotopic (exact) mass is 243 g/mol. The van der Waals surface area contributed by atoms with Crippen LogP contribution in [-0.2, 0) is 0 Å². The predicted octanol–water partition coefficient (Wildman–Crippen LogP) is 1.71. The first-order valence-corrected chi connectivity index (χ1v) is 5.39. The fourth-order valence-corrected chi connectivity index (χ4v) is 1.39. The van der Waals surface area contributed by atoms with Crippen LogP contribution in [0.15, 0.2) is 18.2 Å². The van der Waals surface area contributed by atoms with Crippen LogP contribution in [0.2, 0.25) is 0 Å². The summed E-state index contributed by atoms with van der Waals surface area (Å²) >= 11 is 0. The Bertz CT molecular complexity index is 376. The fourth-order valence-electron chi connectivity index (χ4n) is 1.39. The molecule has 0 aliphatic rings. The summed E-state index contributed by atoms with van der Waals surface area (Å²) in [6.07, 6.45) is 0.528. The molecule has 0 aliphatic carbocycles. The van der Waals surface area contributed by atoms with Crippen molar-refractivity contribution in [2.75, 3.05) is 13.2 Å². The summed E-state index contributed by atoms with van der Waals surface area (Å²) in [5, 5.41) is 11.1. The smallest absolute Gasteiger partial charge is 0.257 e. The number of benzene rings is 1. The van der Waals surface area contributed by atoms with Crippen molar-refractivity contribution < 1.29 is 18.7 Å². The van der Waals surface area contributed by atoms with E-state index in [1.807, 2.05) is 6.92 Å². The van der Waals surface area contributed by atoms with Crippen LogP contribution in [0.25, 0.3) is 0 Å². The van der Waals surface area contributed by atoms with Crippen LogP contribution in [0.1, 0.15) is 23.7 Å². The second-order valence-corrected chi connectivity index (χ2v) is 3.92. The van der Waals surface area contributed by atoms with Gasteiger partial charge in [0.15, 0.2) is 0 Å². The van der Waals surface area contributed by atoms with E-state index in [-0.39, 0.29) is 19.1 Å². The van der Waals surface area contributed by atoms with Crippen molar-refractivity contribution >= 4 is 5.91 Å². The number of carbonyl (C=O) groups excluding carboxylic acids is 1. The maximum absolute atomic E-state index is 13.2. The number of halogens is 2. The van der Waals surface area contributed by atoms with Gasteiger partial charge in [0, 0.05) is 13.2 Å². The van der Waals surface area contributed by atoms with Crippen molar-refractivity contribution in [3.63, 3.8) is 0 Å². The molecular weight excluding hydrogens is 228 g/mol. The summed E-state index contributed by atoms with van der Waals surface area (Å²) in [5.74, 6) is -2.47. The molecule has 0 aliphatic heterocycles. The molecule has 0 aromatic heterocycles. The van der Waals surface area contributed by atoms with Crippen molar-refractivity contribution in [3.8, 4) is 0 Å². The SMILES string of the molecule is CC(CCO)CNC(=O)c1c(F)cccc1F. The van der Waals surface area contributed by atoms with Crippen LogP contribution in [0.4, 0.5) is 8.78 Å². The Balaban J connectivity index is 2.64. The minimum atomic E-state index is -0.877. The molecule has 1 unspecified atom stereocenters. The van der Waals surface area contributed by atoms with Crippen LogP contribution in [0.5, 0.6) is 0 Å². The van der Waals surface area contributed by atoms with E-state index in [0.717, 1.165) is 12.1 Å². The van der Waals surface area contributed by atoms with E-state index in [9.17, 15) is 13.6 Å². The van der Waals surface area contributed by atoms with E-state index < -0.39 is 23.1 Å². The topological polar surface area (TPSA) is 49.3 Å². The van der Waals surface area contributed by atoms with Crippen molar-refractivity contribution in [2.45, 2.75) is 13.3 Å². The third-order valence-electron chi connectivity index (χ3n) is 2.42. The zero-order chi connectivity index (χ0) is 12.8. The fraction of sp³-hybridized carbons (Fsp3) is 0.417. The number of aliphatic hydroxyl groups is 1. The van der Waals surface area contributed by atoms with E-state index in [1.54, 1.807) is 0 Å². The van der Waals surface area contributed by atoms with Gasteiger partial charge < -0.3 is 10.4 Å². The molecule has 5 heteroatoms. The summed E-state index contributed by atoms with van der Waals surface area (Å²) in [7, 11) is 0. The van der Waals surface area contributed by atoms with Gasteiger partial charge in [-0.15, -0.1) is 0 Å². The quantitative estimate of drug-likeness (QED) is 0.827. The molecule has 1 rings (SSSR count). The van der Waals surface area contributed by atoms with Crippen molar-refractivity contribution in [2.24, 2.45) is 5.92 Å². The average molecular weight is 243 g/mol. The minimum Gasteiger partial charge on any atom is -0.396 e. The number of carbonyl (C=O) groups is 1. The Morgan fingerprint density at radius 3 is 2.53 bits per heavy atom. The standard InChI is InChI=1S/C12H15F2NO2/c1-8(5-6-16)7-15-12(17)11-9(13)3-2-4-10(11)14/h2-4,8,16H,5-7H2,1H3,(H,15,17). The highest BCUT2D eigenvalue weighted by molar-refractivity contribution is 5.94. The second kappa shape index (κ2) is 6.30. The third kappa shape index (κ3) is 3.78. The van der Waals surface area contributed by atoms with Gasteiger partial charge in [-0.1, -0.05) is 13.0 Å². The van der Waals surface area contributed by atoms with E-state index in [1.165, 1.54) is 6.07 Å². The Morgan fingerprint density at radius 1 is 1.41 bits per heavy atom. The molecule has 0 bridgehead atoms. The molecule has 94 valence electrons. The first-order chi connectivity index (χ1) is 8.06. The molecule has 2 N–H and O–H groups in total. The maximum atomic E-state index is 13.2. The first-order valence-electron chi connectivity index (χ1n) is 5.39. The molecule has 0 saturated carbocycles. The molecule has 0 saturated heterocycles. The number of hydrogen-bond donors (Lipinski definition) is 2. The van der Waals surface area contributed by atoms with Gasteiger partial charge in [0.05, 0.1) is 0 Å². The summed E-state index contributed by atoms with van der Waals surface area (Å²) in [4.78, 5) is 11.5. The molecule has 1 atom stereocenters. The zero-order valence-electron chi connectivity index (χ0n) is 9.54. The highest BCUT2D eigenvalue weighted by atomic mass is 19.1. The van der Waals surface area contributed by atoms with E-state index in [4.69, 9.17) is 5.11 Å². The Kier molecular flexibility index (Phi) is 5.03. The van der Waals surface area contributed by atoms with Crippen LogP contribution < -0.4 is 5.32 Å². The molecule has 1 amide bonds. The predicted molar refractivity (Wildman–Crippen MR) is 59.6 cm³/mol. The first kappa shape index (κ1) is 13.6. The van der Waals surface area contributed by atoms with Crippen molar-refractivity contribution in [3.05, 3.63) is 35.4 Å². The van der Waals surface area contributed by atoms with E-state index in [0.29, 0.717) is 6.42 Å². The van der Waals surface area contributed by atoms with Gasteiger partial charge in [-0.25, -0.2) is 8.78 Å². The largest absolute Gasteiger partial charge is 0.396 e. The number of hydrogen-bond acceptors (Lipinski definition) is 2. The number of aliphatic hydroxyl groups excluding tert-OH is 1. The lowest BCUT2D eigenvalue weighted by atomic mass is 10.1. The summed E-state index contributed by atoms with van der Waals surface area (Å²) in [6.45, 7) is 2.12. The normalized spacial score (nSPS) is 12.2. The van der Waals surface area contributed by atoms with Crippen LogP contribution in [0, 0.1) is 17.6 Å². The van der Waals surface area contributed by atoms with Crippen LogP contribution in [-0.4, -0.2) is 24.2 Å². The van der Waals surface area contributed by atoms with Crippen LogP contribution in [0.3, 0.4) is 0 Å². The molecule has 1 aromatic carbocycles. The van der Waals surface area contributed by atoms with Gasteiger partial charge in [0.2, 0.25) is 0 Å². The number of rotatable bonds is 5. The van der Waals surface area contributed by atoms with Gasteiger partial charge in [0.1, 0.15) is 17.2 Å². The lowest BCUT2D eigenvalue weighted by Gasteiger charge is -2.11. The molecule has 17 heavy (non-hydrogen) atoms. The zero-order valence-corrected chi connectivity index (χ0v) is 9.54. The molecule has 3 nitrogen and oxygen atoms in total. The maximum Gasteiger partial charge on any atom is 0.257 e. The lowest BCUT2D eigenvalue weighted by molar-refractivity contribution is 0.0937. The lowest BCUT2D eigenvalue weighted by Crippen LogP contribution is -2.30. The average Bonchev–Trinajstić information content (AvgIpc) is 2.26. The third-order valence-corrected chi connectivity index (χ3v) is 2.42. The Morgan fingerprint density at radius 2 is 2.00 bits per heavy atom. The van der Waals surface area contributed by atoms with Gasteiger partial charge >= 0.3 is 0 Å². The minimum absolute atomic E-state index is 0.0189. The highest BCUT2D eigenvalue weighted by Crippen LogP contribution is 2.11. The molecule has 0 radical (unpaired) electrons.